The number of carbonyl (C=O) groups excluding carboxylic acids is 1. The average Bonchev–Trinajstić information content (AvgIpc) is 2.72. The van der Waals surface area contributed by atoms with Crippen LogP contribution in [-0.2, 0) is 0 Å². The van der Waals surface area contributed by atoms with E-state index in [1.807, 2.05) is 50.2 Å². The second kappa shape index (κ2) is 9.47. The second-order valence-electron chi connectivity index (χ2n) is 6.27. The highest BCUT2D eigenvalue weighted by Crippen LogP contribution is 2.37. The summed E-state index contributed by atoms with van der Waals surface area (Å²) in [5.41, 5.74) is 2.17. The van der Waals surface area contributed by atoms with Crippen molar-refractivity contribution in [3.63, 3.8) is 0 Å². The first-order valence-electron chi connectivity index (χ1n) is 9.17. The van der Waals surface area contributed by atoms with Crippen molar-refractivity contribution >= 4 is 27.5 Å². The minimum absolute atomic E-state index is 0.250. The molecule has 0 fully saturated rings. The van der Waals surface area contributed by atoms with Gasteiger partial charge in [-0.1, -0.05) is 18.2 Å². The zero-order chi connectivity index (χ0) is 20.8. The zero-order valence-corrected chi connectivity index (χ0v) is 18.1. The van der Waals surface area contributed by atoms with Crippen molar-refractivity contribution in [2.24, 2.45) is 0 Å². The lowest BCUT2D eigenvalue weighted by atomic mass is 10.1. The van der Waals surface area contributed by atoms with Gasteiger partial charge in [0.2, 0.25) is 0 Å². The molecule has 0 spiro atoms. The molecule has 1 N–H and O–H groups in total. The van der Waals surface area contributed by atoms with E-state index in [-0.39, 0.29) is 5.91 Å². The predicted molar refractivity (Wildman–Crippen MR) is 118 cm³/mol. The van der Waals surface area contributed by atoms with Gasteiger partial charge in [0, 0.05) is 11.3 Å². The molecule has 1 amide bonds. The van der Waals surface area contributed by atoms with E-state index >= 15 is 0 Å². The molecule has 0 aromatic heterocycles. The van der Waals surface area contributed by atoms with Crippen LogP contribution in [0.1, 0.15) is 22.8 Å². The third kappa shape index (κ3) is 5.09. The maximum absolute atomic E-state index is 12.7. The number of halogens is 1. The number of nitrogens with one attached hydrogen (secondary N) is 1. The summed E-state index contributed by atoms with van der Waals surface area (Å²) in [7, 11) is 1.54. The lowest BCUT2D eigenvalue weighted by Gasteiger charge is -2.13. The molecule has 150 valence electrons. The first-order valence-corrected chi connectivity index (χ1v) is 9.96. The van der Waals surface area contributed by atoms with E-state index in [2.05, 4.69) is 21.2 Å². The van der Waals surface area contributed by atoms with Gasteiger partial charge in [0.1, 0.15) is 11.5 Å². The van der Waals surface area contributed by atoms with Crippen LogP contribution in [0.3, 0.4) is 0 Å². The molecule has 3 aromatic carbocycles. The quantitative estimate of drug-likeness (QED) is 0.459. The van der Waals surface area contributed by atoms with Crippen molar-refractivity contribution in [2.45, 2.75) is 13.8 Å². The fourth-order valence-corrected chi connectivity index (χ4v) is 3.30. The predicted octanol–water partition coefficient (Wildman–Crippen LogP) is 6.21. The summed E-state index contributed by atoms with van der Waals surface area (Å²) in [6, 6.07) is 18.4. The molecule has 0 saturated carbocycles. The van der Waals surface area contributed by atoms with E-state index < -0.39 is 0 Å². The molecule has 0 bridgehead atoms. The van der Waals surface area contributed by atoms with Gasteiger partial charge in [-0.3, -0.25) is 4.79 Å². The van der Waals surface area contributed by atoms with Crippen molar-refractivity contribution in [3.8, 4) is 23.0 Å². The van der Waals surface area contributed by atoms with Crippen molar-refractivity contribution in [2.75, 3.05) is 19.0 Å². The second-order valence-corrected chi connectivity index (χ2v) is 7.12. The Morgan fingerprint density at radius 1 is 1.03 bits per heavy atom. The van der Waals surface area contributed by atoms with Crippen LogP contribution in [0.15, 0.2) is 65.1 Å². The number of para-hydroxylation sites is 1. The van der Waals surface area contributed by atoms with Gasteiger partial charge >= 0.3 is 0 Å². The number of rotatable bonds is 7. The molecule has 0 aliphatic carbocycles. The third-order valence-electron chi connectivity index (χ3n) is 4.21. The topological polar surface area (TPSA) is 56.8 Å². The fraction of sp³-hybridized carbons (Fsp3) is 0.174. The Kier molecular flexibility index (Phi) is 6.77. The molecule has 3 rings (SSSR count). The van der Waals surface area contributed by atoms with E-state index in [1.165, 1.54) is 0 Å². The fourth-order valence-electron chi connectivity index (χ4n) is 2.74. The number of anilines is 1. The molecule has 0 aliphatic rings. The van der Waals surface area contributed by atoms with Gasteiger partial charge in [-0.2, -0.15) is 0 Å². The summed E-state index contributed by atoms with van der Waals surface area (Å²) in [6.07, 6.45) is 0. The Morgan fingerprint density at radius 3 is 2.41 bits per heavy atom. The summed E-state index contributed by atoms with van der Waals surface area (Å²) in [4.78, 5) is 12.7. The van der Waals surface area contributed by atoms with Crippen molar-refractivity contribution in [1.82, 2.24) is 0 Å². The van der Waals surface area contributed by atoms with Gasteiger partial charge in [-0.25, -0.2) is 0 Å². The van der Waals surface area contributed by atoms with Crippen LogP contribution in [0.2, 0.25) is 0 Å². The molecule has 0 radical (unpaired) electrons. The van der Waals surface area contributed by atoms with E-state index in [9.17, 15) is 4.79 Å². The van der Waals surface area contributed by atoms with Crippen LogP contribution in [0.4, 0.5) is 5.69 Å². The molecular formula is C23H22BrNO4. The monoisotopic (exact) mass is 455 g/mol. The van der Waals surface area contributed by atoms with Crippen LogP contribution in [-0.4, -0.2) is 19.6 Å². The minimum atomic E-state index is -0.250. The molecule has 29 heavy (non-hydrogen) atoms. The van der Waals surface area contributed by atoms with Gasteiger partial charge in [0.05, 0.1) is 18.2 Å². The number of ether oxygens (including phenoxy) is 3. The molecule has 3 aromatic rings. The number of amides is 1. The lowest BCUT2D eigenvalue weighted by Crippen LogP contribution is -2.12. The molecule has 0 saturated heterocycles. The molecular weight excluding hydrogens is 434 g/mol. The van der Waals surface area contributed by atoms with Crippen molar-refractivity contribution in [3.05, 3.63) is 76.3 Å². The van der Waals surface area contributed by atoms with Gasteiger partial charge in [-0.05, 0) is 77.8 Å². The molecule has 0 atom stereocenters. The van der Waals surface area contributed by atoms with Gasteiger partial charge < -0.3 is 19.5 Å². The van der Waals surface area contributed by atoms with Crippen LogP contribution < -0.4 is 19.5 Å². The maximum Gasteiger partial charge on any atom is 0.255 e. The zero-order valence-electron chi connectivity index (χ0n) is 16.5. The van der Waals surface area contributed by atoms with Gasteiger partial charge in [0.25, 0.3) is 5.91 Å². The molecule has 5 nitrogen and oxygen atoms in total. The van der Waals surface area contributed by atoms with Gasteiger partial charge in [0.15, 0.2) is 11.5 Å². The highest BCUT2D eigenvalue weighted by atomic mass is 79.9. The summed E-state index contributed by atoms with van der Waals surface area (Å²) in [6.45, 7) is 4.38. The van der Waals surface area contributed by atoms with Crippen molar-refractivity contribution in [1.29, 1.82) is 0 Å². The minimum Gasteiger partial charge on any atom is -0.493 e. The Balaban J connectivity index is 1.72. The Hall–Kier alpha value is -2.99. The van der Waals surface area contributed by atoms with E-state index in [1.54, 1.807) is 31.4 Å². The summed E-state index contributed by atoms with van der Waals surface area (Å²) in [5.74, 6) is 2.32. The third-order valence-corrected chi connectivity index (χ3v) is 4.80. The van der Waals surface area contributed by atoms with Crippen LogP contribution in [0.5, 0.6) is 23.0 Å². The smallest absolute Gasteiger partial charge is 0.255 e. The first-order chi connectivity index (χ1) is 14.0. The number of hydrogen-bond acceptors (Lipinski definition) is 4. The van der Waals surface area contributed by atoms with Gasteiger partial charge in [-0.15, -0.1) is 0 Å². The first kappa shape index (κ1) is 20.7. The molecule has 0 aliphatic heterocycles. The normalized spacial score (nSPS) is 10.3. The highest BCUT2D eigenvalue weighted by Gasteiger charge is 2.15. The number of methoxy groups -OCH3 is 1. The highest BCUT2D eigenvalue weighted by molar-refractivity contribution is 9.10. The Bertz CT molecular complexity index is 1000. The maximum atomic E-state index is 12.7. The summed E-state index contributed by atoms with van der Waals surface area (Å²) >= 11 is 3.44. The number of benzene rings is 3. The average molecular weight is 456 g/mol. The standard InChI is InChI=1S/C23H22BrNO4/c1-4-28-22-19(24)13-16(14-21(22)27-3)23(26)25-17-9-11-18(12-10-17)29-20-8-6-5-7-15(20)2/h5-14H,4H2,1-3H3,(H,25,26). The summed E-state index contributed by atoms with van der Waals surface area (Å²) in [5, 5.41) is 2.88. The van der Waals surface area contributed by atoms with E-state index in [0.717, 1.165) is 11.3 Å². The SMILES string of the molecule is CCOc1c(Br)cc(C(=O)Nc2ccc(Oc3ccccc3C)cc2)cc1OC. The largest absolute Gasteiger partial charge is 0.493 e. The molecule has 0 unspecified atom stereocenters. The van der Waals surface area contributed by atoms with Crippen LogP contribution in [0.25, 0.3) is 0 Å². The molecule has 6 heteroatoms. The number of carbonyl (C=O) groups is 1. The van der Waals surface area contributed by atoms with Crippen molar-refractivity contribution < 1.29 is 19.0 Å². The Labute approximate surface area is 178 Å². The van der Waals surface area contributed by atoms with Crippen LogP contribution >= 0.6 is 15.9 Å². The molecule has 0 heterocycles. The van der Waals surface area contributed by atoms with E-state index in [0.29, 0.717) is 39.6 Å². The lowest BCUT2D eigenvalue weighted by molar-refractivity contribution is 0.102. The number of hydrogen-bond donors (Lipinski definition) is 1. The summed E-state index contributed by atoms with van der Waals surface area (Å²) < 4.78 is 17.5. The van der Waals surface area contributed by atoms with E-state index in [4.69, 9.17) is 14.2 Å². The number of aryl methyl sites for hydroxylation is 1. The Morgan fingerprint density at radius 2 is 1.76 bits per heavy atom. The van der Waals surface area contributed by atoms with Crippen LogP contribution in [0, 0.1) is 6.92 Å².